The quantitative estimate of drug-likeness (QED) is 0.481. The number of benzene rings is 2. The van der Waals surface area contributed by atoms with Crippen LogP contribution in [0.1, 0.15) is 71.7 Å². The summed E-state index contributed by atoms with van der Waals surface area (Å²) in [6, 6.07) is 15.4. The first-order valence-corrected chi connectivity index (χ1v) is 12.7. The first-order valence-electron chi connectivity index (χ1n) is 12.7. The first-order chi connectivity index (χ1) is 17.5. The summed E-state index contributed by atoms with van der Waals surface area (Å²) in [5, 5.41) is 2.71. The molecule has 1 aromatic heterocycles. The topological polar surface area (TPSA) is 71.8 Å². The van der Waals surface area contributed by atoms with Crippen LogP contribution in [-0.4, -0.2) is 29.8 Å². The summed E-state index contributed by atoms with van der Waals surface area (Å²) in [6.45, 7) is 3.18. The Hall–Kier alpha value is -3.61. The Balaban J connectivity index is 1.40. The van der Waals surface area contributed by atoms with Crippen molar-refractivity contribution in [2.45, 2.75) is 51.7 Å². The van der Waals surface area contributed by atoms with E-state index in [1.807, 2.05) is 30.0 Å². The summed E-state index contributed by atoms with van der Waals surface area (Å²) < 4.78 is 25.4. The van der Waals surface area contributed by atoms with E-state index in [1.54, 1.807) is 24.3 Å². The van der Waals surface area contributed by atoms with E-state index < -0.39 is 0 Å². The lowest BCUT2D eigenvalue weighted by Gasteiger charge is -2.39. The summed E-state index contributed by atoms with van der Waals surface area (Å²) in [7, 11) is 0. The van der Waals surface area contributed by atoms with Gasteiger partial charge >= 0.3 is 0 Å². The number of carbonyl (C=O) groups is 2. The van der Waals surface area contributed by atoms with Gasteiger partial charge in [0.25, 0.3) is 5.91 Å². The molecule has 1 saturated carbocycles. The van der Waals surface area contributed by atoms with Crippen molar-refractivity contribution in [2.75, 3.05) is 13.1 Å². The molecule has 2 aliphatic rings. The fraction of sp³-hybridized carbons (Fsp3) is 0.379. The number of nitrogens with zero attached hydrogens (tertiary/aromatic N) is 1. The summed E-state index contributed by atoms with van der Waals surface area (Å²) in [4.78, 5) is 27.5. The molecule has 1 fully saturated rings. The van der Waals surface area contributed by atoms with Crippen molar-refractivity contribution >= 4 is 11.8 Å². The molecule has 1 aliphatic heterocycles. The van der Waals surface area contributed by atoms with Crippen molar-refractivity contribution in [3.63, 3.8) is 0 Å². The van der Waals surface area contributed by atoms with Crippen molar-refractivity contribution in [1.82, 2.24) is 10.2 Å². The molecule has 0 unspecified atom stereocenters. The van der Waals surface area contributed by atoms with E-state index in [4.69, 9.17) is 9.15 Å². The largest absolute Gasteiger partial charge is 0.486 e. The van der Waals surface area contributed by atoms with Crippen molar-refractivity contribution in [3.05, 3.63) is 88.6 Å². The van der Waals surface area contributed by atoms with Crippen LogP contribution in [0.3, 0.4) is 0 Å². The summed E-state index contributed by atoms with van der Waals surface area (Å²) in [5.41, 5.74) is 3.04. The van der Waals surface area contributed by atoms with Crippen molar-refractivity contribution in [1.29, 1.82) is 0 Å². The van der Waals surface area contributed by atoms with Crippen LogP contribution >= 0.6 is 0 Å². The van der Waals surface area contributed by atoms with E-state index in [9.17, 15) is 14.0 Å². The zero-order valence-corrected chi connectivity index (χ0v) is 20.5. The van der Waals surface area contributed by atoms with Crippen LogP contribution in [0.5, 0.6) is 5.75 Å². The molecule has 3 aromatic rings. The minimum absolute atomic E-state index is 0.0620. The minimum Gasteiger partial charge on any atom is -0.486 e. The van der Waals surface area contributed by atoms with Crippen LogP contribution < -0.4 is 10.1 Å². The molecule has 2 amide bonds. The van der Waals surface area contributed by atoms with Crippen LogP contribution in [0.2, 0.25) is 0 Å². The number of carbonyl (C=O) groups excluding carboxylic acids is 2. The number of hydrogen-bond acceptors (Lipinski definition) is 4. The third kappa shape index (κ3) is 5.01. The SMILES string of the molecule is CCNC(=O)c1ccc(COc2ccc3c(c2)[C@H](c2ccc(F)cc2)N(C(=O)C2CCCC2)CC3)o1. The van der Waals surface area contributed by atoms with Gasteiger partial charge in [-0.15, -0.1) is 0 Å². The molecule has 188 valence electrons. The van der Waals surface area contributed by atoms with Gasteiger partial charge in [-0.25, -0.2) is 4.39 Å². The zero-order chi connectivity index (χ0) is 25.1. The van der Waals surface area contributed by atoms with Gasteiger partial charge in [-0.3, -0.25) is 9.59 Å². The van der Waals surface area contributed by atoms with Crippen molar-refractivity contribution in [2.24, 2.45) is 5.92 Å². The van der Waals surface area contributed by atoms with Crippen LogP contribution in [0.25, 0.3) is 0 Å². The van der Waals surface area contributed by atoms with Crippen molar-refractivity contribution in [3.8, 4) is 5.75 Å². The molecule has 7 heteroatoms. The number of amides is 2. The van der Waals surface area contributed by atoms with E-state index in [0.29, 0.717) is 24.6 Å². The average Bonchev–Trinajstić information content (AvgIpc) is 3.60. The number of nitrogens with one attached hydrogen (secondary N) is 1. The number of rotatable bonds is 7. The monoisotopic (exact) mass is 490 g/mol. The van der Waals surface area contributed by atoms with E-state index in [-0.39, 0.29) is 42.0 Å². The van der Waals surface area contributed by atoms with E-state index in [0.717, 1.165) is 48.8 Å². The number of hydrogen-bond donors (Lipinski definition) is 1. The highest BCUT2D eigenvalue weighted by Crippen LogP contribution is 2.39. The third-order valence-electron chi connectivity index (χ3n) is 7.12. The summed E-state index contributed by atoms with van der Waals surface area (Å²) in [6.07, 6.45) is 4.81. The molecule has 0 bridgehead atoms. The van der Waals surface area contributed by atoms with Gasteiger partial charge in [0.05, 0.1) is 6.04 Å². The normalized spacial score (nSPS) is 17.6. The molecule has 2 heterocycles. The van der Waals surface area contributed by atoms with Crippen molar-refractivity contribution < 1.29 is 23.1 Å². The molecule has 2 aromatic carbocycles. The van der Waals surface area contributed by atoms with Gasteiger partial charge < -0.3 is 19.4 Å². The molecular formula is C29H31FN2O4. The maximum atomic E-state index is 13.7. The molecule has 6 nitrogen and oxygen atoms in total. The lowest BCUT2D eigenvalue weighted by Crippen LogP contribution is -2.43. The minimum atomic E-state index is -0.300. The van der Waals surface area contributed by atoms with Crippen LogP contribution in [0.4, 0.5) is 4.39 Å². The van der Waals surface area contributed by atoms with Gasteiger partial charge in [0.1, 0.15) is 23.9 Å². The highest BCUT2D eigenvalue weighted by molar-refractivity contribution is 5.91. The Morgan fingerprint density at radius 1 is 1.08 bits per heavy atom. The third-order valence-corrected chi connectivity index (χ3v) is 7.12. The lowest BCUT2D eigenvalue weighted by atomic mass is 9.87. The molecule has 5 rings (SSSR count). The Morgan fingerprint density at radius 3 is 2.61 bits per heavy atom. The van der Waals surface area contributed by atoms with Crippen LogP contribution in [0.15, 0.2) is 59.0 Å². The van der Waals surface area contributed by atoms with Crippen LogP contribution in [0, 0.1) is 11.7 Å². The van der Waals surface area contributed by atoms with Gasteiger partial charge in [0, 0.05) is 19.0 Å². The first kappa shape index (κ1) is 24.1. The van der Waals surface area contributed by atoms with Gasteiger partial charge in [0.2, 0.25) is 5.91 Å². The zero-order valence-electron chi connectivity index (χ0n) is 20.5. The predicted molar refractivity (Wildman–Crippen MR) is 133 cm³/mol. The smallest absolute Gasteiger partial charge is 0.286 e. The van der Waals surface area contributed by atoms with Gasteiger partial charge in [0.15, 0.2) is 5.76 Å². The van der Waals surface area contributed by atoms with Gasteiger partial charge in [-0.2, -0.15) is 0 Å². The fourth-order valence-electron chi connectivity index (χ4n) is 5.31. The number of halogens is 1. The molecule has 0 spiro atoms. The molecular weight excluding hydrogens is 459 g/mol. The second-order valence-electron chi connectivity index (χ2n) is 9.49. The van der Waals surface area contributed by atoms with Crippen LogP contribution in [-0.2, 0) is 17.8 Å². The molecule has 36 heavy (non-hydrogen) atoms. The second kappa shape index (κ2) is 10.6. The number of ether oxygens (including phenoxy) is 1. The van der Waals surface area contributed by atoms with E-state index >= 15 is 0 Å². The predicted octanol–water partition coefficient (Wildman–Crippen LogP) is 5.41. The maximum absolute atomic E-state index is 13.7. The summed E-state index contributed by atoms with van der Waals surface area (Å²) in [5.74, 6) is 1.13. The Bertz CT molecular complexity index is 1230. The highest BCUT2D eigenvalue weighted by Gasteiger charge is 2.36. The fourth-order valence-corrected chi connectivity index (χ4v) is 5.31. The summed E-state index contributed by atoms with van der Waals surface area (Å²) >= 11 is 0. The average molecular weight is 491 g/mol. The van der Waals surface area contributed by atoms with E-state index in [1.165, 1.54) is 12.1 Å². The van der Waals surface area contributed by atoms with E-state index in [2.05, 4.69) is 5.32 Å². The Kier molecular flexibility index (Phi) is 7.07. The molecule has 1 N–H and O–H groups in total. The molecule has 1 atom stereocenters. The maximum Gasteiger partial charge on any atom is 0.286 e. The number of fused-ring (bicyclic) bond motifs is 1. The second-order valence-corrected chi connectivity index (χ2v) is 9.49. The molecule has 0 radical (unpaired) electrons. The van der Waals surface area contributed by atoms with Gasteiger partial charge in [-0.05, 0) is 79.3 Å². The van der Waals surface area contributed by atoms with Gasteiger partial charge in [-0.1, -0.05) is 31.0 Å². The molecule has 1 aliphatic carbocycles. The Labute approximate surface area is 210 Å². The standard InChI is InChI=1S/C29H31FN2O4/c1-2-31-28(33)26-14-13-24(36-26)18-35-23-12-9-19-15-16-32(29(34)21-5-3-4-6-21)27(25(19)17-23)20-7-10-22(30)11-8-20/h7-14,17,21,27H,2-6,15-16,18H2,1H3,(H,31,33)/t27-/m0/s1. The Morgan fingerprint density at radius 2 is 1.86 bits per heavy atom. The molecule has 0 saturated heterocycles. The number of furan rings is 1. The highest BCUT2D eigenvalue weighted by atomic mass is 19.1. The lowest BCUT2D eigenvalue weighted by molar-refractivity contribution is -0.137.